The smallest absolute Gasteiger partial charge is 0.221 e. The van der Waals surface area contributed by atoms with Gasteiger partial charge in [-0.25, -0.2) is 4.57 Å². The first-order valence-electron chi connectivity index (χ1n) is 2.84. The Morgan fingerprint density at radius 1 is 1.78 bits per heavy atom. The first kappa shape index (κ1) is 6.49. The SMILES string of the molecule is CC[n+]1cccnc1Cl. The van der Waals surface area contributed by atoms with Crippen LogP contribution in [-0.4, -0.2) is 4.98 Å². The lowest BCUT2D eigenvalue weighted by Crippen LogP contribution is -2.33. The van der Waals surface area contributed by atoms with E-state index in [2.05, 4.69) is 4.98 Å². The summed E-state index contributed by atoms with van der Waals surface area (Å²) in [5, 5.41) is 0.542. The molecule has 1 aromatic rings. The third kappa shape index (κ3) is 1.39. The molecule has 2 nitrogen and oxygen atoms in total. The van der Waals surface area contributed by atoms with Crippen molar-refractivity contribution >= 4 is 11.6 Å². The van der Waals surface area contributed by atoms with E-state index in [1.807, 2.05) is 23.8 Å². The molecule has 0 N–H and O–H groups in total. The van der Waals surface area contributed by atoms with Crippen molar-refractivity contribution in [3.63, 3.8) is 0 Å². The molecule has 0 unspecified atom stereocenters. The zero-order chi connectivity index (χ0) is 6.69. The van der Waals surface area contributed by atoms with Crippen LogP contribution in [0.1, 0.15) is 6.92 Å². The predicted octanol–water partition coefficient (Wildman–Crippen LogP) is 1.04. The second kappa shape index (κ2) is 2.78. The normalized spacial score (nSPS) is 9.56. The molecule has 0 aliphatic heterocycles. The Kier molecular flexibility index (Phi) is 2.01. The third-order valence-electron chi connectivity index (χ3n) is 1.11. The Labute approximate surface area is 59.1 Å². The van der Waals surface area contributed by atoms with Gasteiger partial charge in [0.1, 0.15) is 6.20 Å². The Morgan fingerprint density at radius 2 is 2.56 bits per heavy atom. The molecule has 0 aliphatic rings. The molecule has 0 aromatic carbocycles. The van der Waals surface area contributed by atoms with E-state index in [4.69, 9.17) is 11.6 Å². The molecular weight excluding hydrogens is 136 g/mol. The molecule has 1 rings (SSSR count). The monoisotopic (exact) mass is 143 g/mol. The van der Waals surface area contributed by atoms with Gasteiger partial charge in [0.2, 0.25) is 0 Å². The van der Waals surface area contributed by atoms with Crippen LogP contribution in [0.15, 0.2) is 18.5 Å². The number of aromatic nitrogens is 2. The molecule has 0 saturated heterocycles. The first-order chi connectivity index (χ1) is 4.34. The van der Waals surface area contributed by atoms with Gasteiger partial charge in [-0.2, -0.15) is 0 Å². The number of halogens is 1. The average molecular weight is 144 g/mol. The second-order valence-corrected chi connectivity index (χ2v) is 2.01. The maximum absolute atomic E-state index is 5.68. The summed E-state index contributed by atoms with van der Waals surface area (Å²) in [5.74, 6) is 0. The average Bonchev–Trinajstić information content (AvgIpc) is 1.89. The van der Waals surface area contributed by atoms with Crippen LogP contribution >= 0.6 is 11.6 Å². The number of rotatable bonds is 1. The van der Waals surface area contributed by atoms with E-state index in [1.165, 1.54) is 0 Å². The van der Waals surface area contributed by atoms with Crippen LogP contribution in [0.5, 0.6) is 0 Å². The number of aryl methyl sites for hydroxylation is 1. The van der Waals surface area contributed by atoms with E-state index in [1.54, 1.807) is 6.20 Å². The Bertz CT molecular complexity index is 200. The molecule has 0 saturated carbocycles. The van der Waals surface area contributed by atoms with Crippen LogP contribution in [-0.2, 0) is 6.54 Å². The maximum Gasteiger partial charge on any atom is 0.395 e. The standard InChI is InChI=1S/C6H8ClN2/c1-2-9-5-3-4-8-6(9)7/h3-5H,2H2,1H3/q+1. The highest BCUT2D eigenvalue weighted by Crippen LogP contribution is 1.91. The summed E-state index contributed by atoms with van der Waals surface area (Å²) in [6.45, 7) is 2.89. The fraction of sp³-hybridized carbons (Fsp3) is 0.333. The second-order valence-electron chi connectivity index (χ2n) is 1.67. The molecule has 9 heavy (non-hydrogen) atoms. The number of hydrogen-bond donors (Lipinski definition) is 0. The predicted molar refractivity (Wildman–Crippen MR) is 35.1 cm³/mol. The fourth-order valence-corrected chi connectivity index (χ4v) is 0.851. The summed E-state index contributed by atoms with van der Waals surface area (Å²) >= 11 is 5.68. The van der Waals surface area contributed by atoms with Gasteiger partial charge < -0.3 is 0 Å². The molecule has 1 heterocycles. The molecule has 0 aliphatic carbocycles. The quantitative estimate of drug-likeness (QED) is 0.424. The van der Waals surface area contributed by atoms with Gasteiger partial charge >= 0.3 is 5.28 Å². The van der Waals surface area contributed by atoms with Crippen LogP contribution in [0.25, 0.3) is 0 Å². The molecule has 3 heteroatoms. The highest BCUT2D eigenvalue weighted by atomic mass is 35.5. The van der Waals surface area contributed by atoms with Crippen LogP contribution in [0, 0.1) is 0 Å². The van der Waals surface area contributed by atoms with Crippen molar-refractivity contribution in [3.8, 4) is 0 Å². The molecule has 0 amide bonds. The lowest BCUT2D eigenvalue weighted by molar-refractivity contribution is -0.694. The summed E-state index contributed by atoms with van der Waals surface area (Å²) in [7, 11) is 0. The number of nitrogens with zero attached hydrogens (tertiary/aromatic N) is 2. The highest BCUT2D eigenvalue weighted by molar-refractivity contribution is 6.27. The summed E-state index contributed by atoms with van der Waals surface area (Å²) in [5.41, 5.74) is 0. The summed E-state index contributed by atoms with van der Waals surface area (Å²) in [4.78, 5) is 3.88. The molecule has 1 aromatic heterocycles. The van der Waals surface area contributed by atoms with Crippen LogP contribution in [0.3, 0.4) is 0 Å². The number of hydrogen-bond acceptors (Lipinski definition) is 1. The van der Waals surface area contributed by atoms with Crippen molar-refractivity contribution in [2.24, 2.45) is 0 Å². The lowest BCUT2D eigenvalue weighted by Gasteiger charge is -1.90. The Hall–Kier alpha value is -0.630. The van der Waals surface area contributed by atoms with E-state index >= 15 is 0 Å². The molecule has 0 atom stereocenters. The topological polar surface area (TPSA) is 16.8 Å². The van der Waals surface area contributed by atoms with Gasteiger partial charge in [0.25, 0.3) is 0 Å². The van der Waals surface area contributed by atoms with Gasteiger partial charge in [0.15, 0.2) is 0 Å². The highest BCUT2D eigenvalue weighted by Gasteiger charge is 2.01. The Balaban J connectivity index is 3.01. The van der Waals surface area contributed by atoms with Crippen molar-refractivity contribution in [1.29, 1.82) is 0 Å². The minimum absolute atomic E-state index is 0.542. The van der Waals surface area contributed by atoms with Gasteiger partial charge in [-0.05, 0) is 11.9 Å². The van der Waals surface area contributed by atoms with Crippen molar-refractivity contribution in [2.45, 2.75) is 13.5 Å². The van der Waals surface area contributed by atoms with Crippen molar-refractivity contribution < 1.29 is 4.57 Å². The minimum atomic E-state index is 0.542. The van der Waals surface area contributed by atoms with Crippen LogP contribution in [0.2, 0.25) is 5.28 Å². The Morgan fingerprint density at radius 3 is 3.00 bits per heavy atom. The van der Waals surface area contributed by atoms with E-state index in [-0.39, 0.29) is 0 Å². The third-order valence-corrected chi connectivity index (χ3v) is 1.43. The van der Waals surface area contributed by atoms with Crippen molar-refractivity contribution in [3.05, 3.63) is 23.7 Å². The summed E-state index contributed by atoms with van der Waals surface area (Å²) in [6, 6.07) is 1.86. The zero-order valence-corrected chi connectivity index (χ0v) is 5.97. The molecule has 0 bridgehead atoms. The summed E-state index contributed by atoms with van der Waals surface area (Å²) < 4.78 is 1.86. The lowest BCUT2D eigenvalue weighted by atomic mass is 10.6. The van der Waals surface area contributed by atoms with E-state index in [0.717, 1.165) is 6.54 Å². The van der Waals surface area contributed by atoms with Gasteiger partial charge in [-0.1, -0.05) is 0 Å². The maximum atomic E-state index is 5.68. The van der Waals surface area contributed by atoms with Crippen molar-refractivity contribution in [1.82, 2.24) is 4.98 Å². The molecule has 0 fully saturated rings. The minimum Gasteiger partial charge on any atom is -0.221 e. The molecule has 0 radical (unpaired) electrons. The summed E-state index contributed by atoms with van der Waals surface area (Å²) in [6.07, 6.45) is 3.57. The van der Waals surface area contributed by atoms with E-state index in [9.17, 15) is 0 Å². The van der Waals surface area contributed by atoms with Crippen LogP contribution in [0.4, 0.5) is 0 Å². The van der Waals surface area contributed by atoms with E-state index in [0.29, 0.717) is 5.28 Å². The zero-order valence-electron chi connectivity index (χ0n) is 5.21. The molecule has 48 valence electrons. The largest absolute Gasteiger partial charge is 0.395 e. The van der Waals surface area contributed by atoms with Gasteiger partial charge in [0, 0.05) is 17.7 Å². The molecule has 0 spiro atoms. The molecular formula is C6H8ClN2+. The van der Waals surface area contributed by atoms with Gasteiger partial charge in [0.05, 0.1) is 12.7 Å². The van der Waals surface area contributed by atoms with Gasteiger partial charge in [-0.3, -0.25) is 0 Å². The van der Waals surface area contributed by atoms with Gasteiger partial charge in [-0.15, -0.1) is 0 Å². The van der Waals surface area contributed by atoms with Crippen LogP contribution < -0.4 is 4.57 Å². The fourth-order valence-electron chi connectivity index (χ4n) is 0.618. The first-order valence-corrected chi connectivity index (χ1v) is 3.22. The van der Waals surface area contributed by atoms with E-state index < -0.39 is 0 Å². The van der Waals surface area contributed by atoms with Crippen molar-refractivity contribution in [2.75, 3.05) is 0 Å².